The molecule has 0 spiro atoms. The fourth-order valence-electron chi connectivity index (χ4n) is 5.28. The van der Waals surface area contributed by atoms with Crippen LogP contribution in [0.1, 0.15) is 67.1 Å². The molecule has 1 aromatic rings. The third-order valence-corrected chi connectivity index (χ3v) is 8.85. The zero-order valence-electron chi connectivity index (χ0n) is 22.2. The van der Waals surface area contributed by atoms with Crippen LogP contribution in [0.2, 0.25) is 0 Å². The molecule has 0 aliphatic carbocycles. The highest BCUT2D eigenvalue weighted by Gasteiger charge is 2.32. The smallest absolute Gasteiger partial charge is 0.340 e. The average Bonchev–Trinajstić information content (AvgIpc) is 3.32. The number of sulfonamides is 1. The number of carbonyl (C=O) groups is 3. The van der Waals surface area contributed by atoms with E-state index in [0.717, 1.165) is 6.42 Å². The van der Waals surface area contributed by atoms with Gasteiger partial charge in [0.05, 0.1) is 35.7 Å². The van der Waals surface area contributed by atoms with Crippen molar-refractivity contribution < 1.29 is 32.3 Å². The van der Waals surface area contributed by atoms with Crippen molar-refractivity contribution in [1.82, 2.24) is 14.6 Å². The van der Waals surface area contributed by atoms with Crippen molar-refractivity contribution in [2.45, 2.75) is 52.0 Å². The van der Waals surface area contributed by atoms with Gasteiger partial charge in [-0.2, -0.15) is 5.26 Å². The lowest BCUT2D eigenvalue weighted by Crippen LogP contribution is -2.44. The molecule has 39 heavy (non-hydrogen) atoms. The van der Waals surface area contributed by atoms with Gasteiger partial charge in [0, 0.05) is 45.2 Å². The molecule has 212 valence electrons. The third-order valence-electron chi connectivity index (χ3n) is 7.43. The highest BCUT2D eigenvalue weighted by Crippen LogP contribution is 2.28. The Hall–Kier alpha value is -3.24. The average molecular weight is 562 g/mol. The Bertz CT molecular complexity index is 1230. The van der Waals surface area contributed by atoms with E-state index >= 15 is 0 Å². The fourth-order valence-corrected chi connectivity index (χ4v) is 6.79. The minimum atomic E-state index is -3.75. The third kappa shape index (κ3) is 7.24. The maximum Gasteiger partial charge on any atom is 0.340 e. The van der Waals surface area contributed by atoms with Crippen LogP contribution in [0.4, 0.5) is 5.82 Å². The molecular formula is C26H35N5O7S. The number of hydrogen-bond acceptors (Lipinski definition) is 10. The van der Waals surface area contributed by atoms with Crippen LogP contribution in [-0.2, 0) is 35.6 Å². The molecule has 1 aromatic heterocycles. The summed E-state index contributed by atoms with van der Waals surface area (Å²) in [6.45, 7) is 4.35. The molecule has 3 saturated heterocycles. The standard InChI is InChI=1S/C26H35N5O7S/c1-2-38-26(34)21-14-20(15-27)24(28-22(21)16-31-9-3-4-23(31)32)30-10-5-19(6-11-30)25(33)29-39(35,36)17-18-7-12-37-13-8-18/h14,18-19H,2-13,16-17H2,1H3,(H,29,33). The van der Waals surface area contributed by atoms with Crippen molar-refractivity contribution in [3.8, 4) is 6.07 Å². The summed E-state index contributed by atoms with van der Waals surface area (Å²) in [5.41, 5.74) is 0.703. The molecule has 0 aromatic carbocycles. The summed E-state index contributed by atoms with van der Waals surface area (Å²) in [7, 11) is -3.75. The Morgan fingerprint density at radius 1 is 1.21 bits per heavy atom. The molecule has 3 fully saturated rings. The van der Waals surface area contributed by atoms with Crippen LogP contribution >= 0.6 is 0 Å². The van der Waals surface area contributed by atoms with Crippen LogP contribution in [0, 0.1) is 23.2 Å². The first kappa shape index (κ1) is 28.8. The molecule has 3 aliphatic rings. The maximum absolute atomic E-state index is 12.8. The van der Waals surface area contributed by atoms with Gasteiger partial charge in [0.25, 0.3) is 0 Å². The molecule has 2 amide bonds. The minimum Gasteiger partial charge on any atom is -0.462 e. The molecule has 0 unspecified atom stereocenters. The second-order valence-electron chi connectivity index (χ2n) is 10.2. The van der Waals surface area contributed by atoms with E-state index in [9.17, 15) is 28.1 Å². The van der Waals surface area contributed by atoms with Crippen molar-refractivity contribution in [3.05, 3.63) is 22.9 Å². The number of nitrogens with one attached hydrogen (secondary N) is 1. The Labute approximate surface area is 228 Å². The Morgan fingerprint density at radius 2 is 1.92 bits per heavy atom. The number of nitrogens with zero attached hydrogens (tertiary/aromatic N) is 4. The molecule has 4 heterocycles. The predicted octanol–water partition coefficient (Wildman–Crippen LogP) is 1.34. The Morgan fingerprint density at radius 3 is 2.54 bits per heavy atom. The van der Waals surface area contributed by atoms with Crippen LogP contribution in [0.5, 0.6) is 0 Å². The number of nitriles is 1. The highest BCUT2D eigenvalue weighted by molar-refractivity contribution is 7.90. The van der Waals surface area contributed by atoms with Gasteiger partial charge < -0.3 is 19.3 Å². The summed E-state index contributed by atoms with van der Waals surface area (Å²) in [6.07, 6.45) is 3.25. The quantitative estimate of drug-likeness (QED) is 0.436. The van der Waals surface area contributed by atoms with Crippen LogP contribution in [0.25, 0.3) is 0 Å². The van der Waals surface area contributed by atoms with E-state index in [1.165, 1.54) is 6.07 Å². The lowest BCUT2D eigenvalue weighted by Gasteiger charge is -2.33. The van der Waals surface area contributed by atoms with Gasteiger partial charge in [0.1, 0.15) is 11.9 Å². The molecule has 1 N–H and O–H groups in total. The SMILES string of the molecule is CCOC(=O)c1cc(C#N)c(N2CCC(C(=O)NS(=O)(=O)CC3CCOCC3)CC2)nc1CN1CCCC1=O. The van der Waals surface area contributed by atoms with E-state index in [0.29, 0.717) is 76.5 Å². The van der Waals surface area contributed by atoms with Gasteiger partial charge in [-0.15, -0.1) is 0 Å². The van der Waals surface area contributed by atoms with E-state index in [-0.39, 0.29) is 41.9 Å². The summed E-state index contributed by atoms with van der Waals surface area (Å²) >= 11 is 0. The maximum atomic E-state index is 12.8. The van der Waals surface area contributed by atoms with Crippen molar-refractivity contribution in [1.29, 1.82) is 5.26 Å². The number of aromatic nitrogens is 1. The van der Waals surface area contributed by atoms with Gasteiger partial charge in [-0.25, -0.2) is 18.2 Å². The largest absolute Gasteiger partial charge is 0.462 e. The van der Waals surface area contributed by atoms with E-state index < -0.39 is 27.8 Å². The van der Waals surface area contributed by atoms with Gasteiger partial charge in [-0.3, -0.25) is 14.3 Å². The normalized spacial score (nSPS) is 19.1. The minimum absolute atomic E-state index is 0.0175. The second kappa shape index (κ2) is 12.7. The topological polar surface area (TPSA) is 159 Å². The summed E-state index contributed by atoms with van der Waals surface area (Å²) in [4.78, 5) is 45.8. The summed E-state index contributed by atoms with van der Waals surface area (Å²) in [6, 6.07) is 3.56. The van der Waals surface area contributed by atoms with Gasteiger partial charge in [0.2, 0.25) is 21.8 Å². The predicted molar refractivity (Wildman–Crippen MR) is 140 cm³/mol. The summed E-state index contributed by atoms with van der Waals surface area (Å²) in [5.74, 6) is -1.37. The van der Waals surface area contributed by atoms with Crippen LogP contribution < -0.4 is 9.62 Å². The number of anilines is 1. The molecule has 0 bridgehead atoms. The fraction of sp³-hybridized carbons (Fsp3) is 0.654. The van der Waals surface area contributed by atoms with E-state index in [1.807, 2.05) is 4.90 Å². The zero-order valence-corrected chi connectivity index (χ0v) is 23.0. The van der Waals surface area contributed by atoms with E-state index in [2.05, 4.69) is 15.8 Å². The van der Waals surface area contributed by atoms with Gasteiger partial charge in [-0.05, 0) is 51.0 Å². The molecular weight excluding hydrogens is 526 g/mol. The lowest BCUT2D eigenvalue weighted by molar-refractivity contribution is -0.128. The van der Waals surface area contributed by atoms with Crippen molar-refractivity contribution >= 4 is 33.6 Å². The summed E-state index contributed by atoms with van der Waals surface area (Å²) < 4.78 is 37.8. The first-order valence-corrected chi connectivity index (χ1v) is 15.1. The molecule has 12 nitrogen and oxygen atoms in total. The van der Waals surface area contributed by atoms with E-state index in [4.69, 9.17) is 9.47 Å². The number of piperidine rings is 1. The number of hydrogen-bond donors (Lipinski definition) is 1. The van der Waals surface area contributed by atoms with Crippen LogP contribution in [0.3, 0.4) is 0 Å². The van der Waals surface area contributed by atoms with Crippen LogP contribution in [0.15, 0.2) is 6.07 Å². The molecule has 4 rings (SSSR count). The number of rotatable bonds is 9. The van der Waals surface area contributed by atoms with Crippen molar-refractivity contribution in [3.63, 3.8) is 0 Å². The first-order chi connectivity index (χ1) is 18.7. The zero-order chi connectivity index (χ0) is 28.0. The van der Waals surface area contributed by atoms with Crippen molar-refractivity contribution in [2.24, 2.45) is 11.8 Å². The molecule has 3 aliphatic heterocycles. The Kier molecular flexibility index (Phi) is 9.40. The molecule has 0 atom stereocenters. The Balaban J connectivity index is 1.45. The van der Waals surface area contributed by atoms with Crippen LogP contribution in [-0.4, -0.2) is 81.3 Å². The monoisotopic (exact) mass is 561 g/mol. The molecule has 13 heteroatoms. The van der Waals surface area contributed by atoms with E-state index in [1.54, 1.807) is 11.8 Å². The van der Waals surface area contributed by atoms with Gasteiger partial charge in [0.15, 0.2) is 0 Å². The second-order valence-corrected chi connectivity index (χ2v) is 11.9. The van der Waals surface area contributed by atoms with Gasteiger partial charge in [-0.1, -0.05) is 0 Å². The van der Waals surface area contributed by atoms with Crippen molar-refractivity contribution in [2.75, 3.05) is 50.1 Å². The molecule has 0 radical (unpaired) electrons. The molecule has 0 saturated carbocycles. The van der Waals surface area contributed by atoms with Gasteiger partial charge >= 0.3 is 5.97 Å². The number of ether oxygens (including phenoxy) is 2. The number of esters is 1. The number of amides is 2. The number of carbonyl (C=O) groups excluding carboxylic acids is 3. The summed E-state index contributed by atoms with van der Waals surface area (Å²) in [5, 5.41) is 9.83. The first-order valence-electron chi connectivity index (χ1n) is 13.5. The highest BCUT2D eigenvalue weighted by atomic mass is 32.2. The number of pyridine rings is 1. The lowest BCUT2D eigenvalue weighted by atomic mass is 9.96. The number of likely N-dealkylation sites (tertiary alicyclic amines) is 1.